The lowest BCUT2D eigenvalue weighted by Crippen LogP contribution is -3.00. The number of methoxy groups -OCH3 is 2. The van der Waals surface area contributed by atoms with Crippen molar-refractivity contribution in [2.45, 2.75) is 12.7 Å². The van der Waals surface area contributed by atoms with Crippen LogP contribution in [-0.2, 0) is 15.9 Å². The Bertz CT molecular complexity index is 876. The molecule has 1 N–H and O–H groups in total. The van der Waals surface area contributed by atoms with E-state index in [1.807, 2.05) is 36.4 Å². The largest absolute Gasteiger partial charge is 1.00 e. The standard InChI is InChI=1S/C20H26N4O3.ClH/c1-24(2,14-20(26-3)27-4)12-11-15-9-10-19(25)18(13-15)23-21-16-7-5-6-8-17(16)22-23;/h5-10,13,20H,11-12,14H2,1-4H3;1H. The Balaban J connectivity index is 0.00000280. The molecule has 7 nitrogen and oxygen atoms in total. The Hall–Kier alpha value is -2.19. The van der Waals surface area contributed by atoms with Gasteiger partial charge in [-0.25, -0.2) is 0 Å². The molecule has 0 bridgehead atoms. The number of hydrogen-bond donors (Lipinski definition) is 1. The predicted octanol–water partition coefficient (Wildman–Crippen LogP) is -0.632. The number of aromatic nitrogens is 3. The Morgan fingerprint density at radius 1 is 1.04 bits per heavy atom. The van der Waals surface area contributed by atoms with Gasteiger partial charge in [0.2, 0.25) is 6.29 Å². The molecule has 152 valence electrons. The van der Waals surface area contributed by atoms with E-state index in [2.05, 4.69) is 24.3 Å². The summed E-state index contributed by atoms with van der Waals surface area (Å²) in [5.41, 5.74) is 3.29. The summed E-state index contributed by atoms with van der Waals surface area (Å²) < 4.78 is 11.4. The lowest BCUT2D eigenvalue weighted by molar-refractivity contribution is -0.895. The summed E-state index contributed by atoms with van der Waals surface area (Å²) in [5, 5.41) is 19.2. The molecule has 1 aromatic heterocycles. The zero-order valence-electron chi connectivity index (χ0n) is 16.7. The van der Waals surface area contributed by atoms with E-state index in [1.165, 1.54) is 4.80 Å². The minimum atomic E-state index is -0.226. The maximum Gasteiger partial charge on any atom is 0.207 e. The number of hydrogen-bond acceptors (Lipinski definition) is 5. The second kappa shape index (κ2) is 9.34. The Kier molecular flexibility index (Phi) is 7.37. The molecular weight excluding hydrogens is 380 g/mol. The molecule has 1 heterocycles. The molecule has 0 aliphatic heterocycles. The number of likely N-dealkylation sites (N-methyl/N-ethyl adjacent to an activating group) is 1. The minimum absolute atomic E-state index is 0. The van der Waals surface area contributed by atoms with Crippen LogP contribution in [-0.4, -0.2) is 72.3 Å². The number of phenolic OH excluding ortho intramolecular Hbond substituents is 1. The first kappa shape index (κ1) is 22.1. The average molecular weight is 407 g/mol. The van der Waals surface area contributed by atoms with Crippen LogP contribution in [0.1, 0.15) is 5.56 Å². The molecule has 0 amide bonds. The van der Waals surface area contributed by atoms with Gasteiger partial charge in [-0.3, -0.25) is 0 Å². The van der Waals surface area contributed by atoms with Gasteiger partial charge in [-0.1, -0.05) is 18.2 Å². The fraction of sp³-hybridized carbons (Fsp3) is 0.400. The van der Waals surface area contributed by atoms with Crippen LogP contribution in [0.25, 0.3) is 16.7 Å². The van der Waals surface area contributed by atoms with Crippen molar-refractivity contribution in [3.8, 4) is 11.4 Å². The average Bonchev–Trinajstić information content (AvgIpc) is 3.09. The van der Waals surface area contributed by atoms with Gasteiger partial charge in [0.25, 0.3) is 0 Å². The monoisotopic (exact) mass is 406 g/mol. The maximum atomic E-state index is 10.3. The van der Waals surface area contributed by atoms with Crippen LogP contribution in [0.3, 0.4) is 0 Å². The third-order valence-electron chi connectivity index (χ3n) is 4.72. The van der Waals surface area contributed by atoms with E-state index in [4.69, 9.17) is 9.47 Å². The molecule has 3 rings (SSSR count). The van der Waals surface area contributed by atoms with Gasteiger partial charge in [-0.2, -0.15) is 0 Å². The van der Waals surface area contributed by atoms with Gasteiger partial charge >= 0.3 is 0 Å². The topological polar surface area (TPSA) is 69.4 Å². The van der Waals surface area contributed by atoms with Gasteiger partial charge in [0.05, 0.1) is 20.6 Å². The quantitative estimate of drug-likeness (QED) is 0.398. The second-order valence-corrected chi connectivity index (χ2v) is 7.29. The maximum absolute atomic E-state index is 10.3. The van der Waals surface area contributed by atoms with E-state index in [0.29, 0.717) is 5.69 Å². The number of quaternary nitrogens is 1. The number of halogens is 1. The molecule has 0 unspecified atom stereocenters. The van der Waals surface area contributed by atoms with Crippen molar-refractivity contribution in [2.75, 3.05) is 41.4 Å². The SMILES string of the molecule is COC(C[N+](C)(C)CCc1ccc(O)c(-n2nc3ccccc3n2)c1)OC.[Cl-]. The number of benzene rings is 2. The minimum Gasteiger partial charge on any atom is -1.00 e. The highest BCUT2D eigenvalue weighted by molar-refractivity contribution is 5.73. The van der Waals surface area contributed by atoms with Crippen molar-refractivity contribution >= 4 is 11.0 Å². The van der Waals surface area contributed by atoms with Crippen LogP contribution in [0.15, 0.2) is 42.5 Å². The summed E-state index contributed by atoms with van der Waals surface area (Å²) in [7, 11) is 7.60. The summed E-state index contributed by atoms with van der Waals surface area (Å²) in [4.78, 5) is 1.50. The zero-order chi connectivity index (χ0) is 19.4. The van der Waals surface area contributed by atoms with Gasteiger partial charge < -0.3 is 31.5 Å². The third kappa shape index (κ3) is 5.20. The van der Waals surface area contributed by atoms with Crippen molar-refractivity contribution in [1.82, 2.24) is 15.0 Å². The van der Waals surface area contributed by atoms with Crippen molar-refractivity contribution in [2.24, 2.45) is 0 Å². The molecule has 0 spiro atoms. The van der Waals surface area contributed by atoms with Crippen LogP contribution < -0.4 is 12.4 Å². The molecular formula is C20H27ClN4O3. The van der Waals surface area contributed by atoms with Gasteiger partial charge in [0.15, 0.2) is 0 Å². The highest BCUT2D eigenvalue weighted by atomic mass is 35.5. The first-order valence-electron chi connectivity index (χ1n) is 8.94. The van der Waals surface area contributed by atoms with Crippen molar-refractivity contribution in [3.05, 3.63) is 48.0 Å². The smallest absolute Gasteiger partial charge is 0.207 e. The summed E-state index contributed by atoms with van der Waals surface area (Å²) in [6.07, 6.45) is 0.623. The van der Waals surface area contributed by atoms with Crippen molar-refractivity contribution < 1.29 is 31.5 Å². The summed E-state index contributed by atoms with van der Waals surface area (Å²) in [6, 6.07) is 13.2. The van der Waals surface area contributed by atoms with Crippen LogP contribution in [0.5, 0.6) is 5.75 Å². The molecule has 0 aliphatic rings. The molecule has 8 heteroatoms. The van der Waals surface area contributed by atoms with Crippen molar-refractivity contribution in [3.63, 3.8) is 0 Å². The van der Waals surface area contributed by atoms with Gasteiger partial charge in [0.1, 0.15) is 29.0 Å². The fourth-order valence-corrected chi connectivity index (χ4v) is 3.02. The van der Waals surface area contributed by atoms with Crippen molar-refractivity contribution in [1.29, 1.82) is 0 Å². The Morgan fingerprint density at radius 3 is 2.21 bits per heavy atom. The van der Waals surface area contributed by atoms with E-state index >= 15 is 0 Å². The summed E-state index contributed by atoms with van der Waals surface area (Å²) in [6.45, 7) is 1.66. The first-order chi connectivity index (χ1) is 12.9. The molecule has 2 aromatic carbocycles. The molecule has 0 radical (unpaired) electrons. The van der Waals surface area contributed by atoms with E-state index in [1.54, 1.807) is 20.3 Å². The molecule has 0 fully saturated rings. The number of fused-ring (bicyclic) bond motifs is 1. The zero-order valence-corrected chi connectivity index (χ0v) is 17.4. The number of rotatable bonds is 8. The molecule has 0 saturated heterocycles. The second-order valence-electron chi connectivity index (χ2n) is 7.29. The van der Waals surface area contributed by atoms with Gasteiger partial charge in [-0.05, 0) is 29.8 Å². The fourth-order valence-electron chi connectivity index (χ4n) is 3.02. The van der Waals surface area contributed by atoms with E-state index in [0.717, 1.165) is 40.6 Å². The van der Waals surface area contributed by atoms with Gasteiger partial charge in [0, 0.05) is 20.6 Å². The van der Waals surface area contributed by atoms with Crippen LogP contribution in [0.4, 0.5) is 0 Å². The highest BCUT2D eigenvalue weighted by Gasteiger charge is 2.22. The van der Waals surface area contributed by atoms with E-state index in [-0.39, 0.29) is 24.4 Å². The summed E-state index contributed by atoms with van der Waals surface area (Å²) >= 11 is 0. The number of phenols is 1. The number of ether oxygens (including phenoxy) is 2. The Labute approximate surface area is 171 Å². The number of nitrogens with zero attached hydrogens (tertiary/aromatic N) is 4. The van der Waals surface area contributed by atoms with Gasteiger partial charge in [-0.15, -0.1) is 15.0 Å². The third-order valence-corrected chi connectivity index (χ3v) is 4.72. The lowest BCUT2D eigenvalue weighted by Gasteiger charge is -2.32. The molecule has 0 saturated carbocycles. The highest BCUT2D eigenvalue weighted by Crippen LogP contribution is 2.23. The lowest BCUT2D eigenvalue weighted by atomic mass is 10.1. The molecule has 0 aliphatic carbocycles. The normalized spacial score (nSPS) is 11.8. The van der Waals surface area contributed by atoms with E-state index in [9.17, 15) is 5.11 Å². The van der Waals surface area contributed by atoms with Crippen LogP contribution >= 0.6 is 0 Å². The molecule has 28 heavy (non-hydrogen) atoms. The molecule has 3 aromatic rings. The van der Waals surface area contributed by atoms with Crippen LogP contribution in [0, 0.1) is 0 Å². The Morgan fingerprint density at radius 2 is 1.64 bits per heavy atom. The van der Waals surface area contributed by atoms with E-state index < -0.39 is 0 Å². The number of aromatic hydroxyl groups is 1. The molecule has 0 atom stereocenters. The predicted molar refractivity (Wildman–Crippen MR) is 104 cm³/mol. The summed E-state index contributed by atoms with van der Waals surface area (Å²) in [5.74, 6) is 0.159. The first-order valence-corrected chi connectivity index (χ1v) is 8.94. The van der Waals surface area contributed by atoms with Crippen LogP contribution in [0.2, 0.25) is 0 Å².